The van der Waals surface area contributed by atoms with E-state index in [2.05, 4.69) is 15.5 Å². The highest BCUT2D eigenvalue weighted by molar-refractivity contribution is 7.99. The zero-order valence-corrected chi connectivity index (χ0v) is 17.5. The average molecular weight is 441 g/mol. The highest BCUT2D eigenvalue weighted by Gasteiger charge is 2.23. The molecule has 160 valence electrons. The zero-order chi connectivity index (χ0) is 21.6. The van der Waals surface area contributed by atoms with Gasteiger partial charge in [0.15, 0.2) is 11.0 Å². The number of nitrogens with one attached hydrogen (secondary N) is 1. The molecule has 0 bridgehead atoms. The minimum atomic E-state index is -0.445. The highest BCUT2D eigenvalue weighted by Crippen LogP contribution is 2.29. The summed E-state index contributed by atoms with van der Waals surface area (Å²) >= 11 is 1.15. The Morgan fingerprint density at radius 3 is 2.58 bits per heavy atom. The average Bonchev–Trinajstić information content (AvgIpc) is 3.53. The third kappa shape index (κ3) is 5.49. The van der Waals surface area contributed by atoms with Crippen molar-refractivity contribution in [3.8, 4) is 17.1 Å². The van der Waals surface area contributed by atoms with E-state index in [1.165, 1.54) is 6.07 Å². The number of amides is 1. The van der Waals surface area contributed by atoms with Gasteiger partial charge in [0.1, 0.15) is 12.4 Å². The number of ether oxygens (including phenoxy) is 1. The smallest absolute Gasteiger partial charge is 0.325 e. The summed E-state index contributed by atoms with van der Waals surface area (Å²) in [5, 5.41) is 11.3. The molecule has 1 heterocycles. The second-order valence-electron chi connectivity index (χ2n) is 7.15. The number of hydrogen-bond acceptors (Lipinski definition) is 6. The topological polar surface area (TPSA) is 86.1 Å². The van der Waals surface area contributed by atoms with E-state index in [1.807, 2.05) is 30.3 Å². The first-order valence-electron chi connectivity index (χ1n) is 9.92. The van der Waals surface area contributed by atoms with Gasteiger partial charge >= 0.3 is 5.97 Å². The number of hydrogen-bond donors (Lipinski definition) is 1. The molecule has 1 aliphatic carbocycles. The molecule has 0 unspecified atom stereocenters. The van der Waals surface area contributed by atoms with Crippen LogP contribution in [0.1, 0.15) is 12.8 Å². The quantitative estimate of drug-likeness (QED) is 0.406. The molecule has 1 saturated carbocycles. The Hall–Kier alpha value is -3.20. The van der Waals surface area contributed by atoms with Crippen molar-refractivity contribution < 1.29 is 18.7 Å². The minimum absolute atomic E-state index is 0.0259. The summed E-state index contributed by atoms with van der Waals surface area (Å²) in [6.45, 7) is 0.250. The fourth-order valence-corrected chi connectivity index (χ4v) is 3.67. The number of rotatable bonds is 9. The lowest BCUT2D eigenvalue weighted by atomic mass is 10.2. The standard InChI is InChI=1S/C22H21FN4O3S/c23-18-9-5-4-8-17(18)21-25-26-22(27(21)16-6-2-1-3-7-16)31-14-19(28)24-12-20(29)30-13-15-10-11-15/h1-9,15H,10-14H2,(H,24,28). The van der Waals surface area contributed by atoms with Crippen LogP contribution in [0.15, 0.2) is 59.8 Å². The lowest BCUT2D eigenvalue weighted by Crippen LogP contribution is -2.32. The molecule has 1 aromatic heterocycles. The SMILES string of the molecule is O=C(CSc1nnc(-c2ccccc2F)n1-c1ccccc1)NCC(=O)OCC1CC1. The maximum absolute atomic E-state index is 14.4. The van der Waals surface area contributed by atoms with Crippen molar-refractivity contribution in [3.05, 3.63) is 60.4 Å². The van der Waals surface area contributed by atoms with Gasteiger partial charge in [0, 0.05) is 5.69 Å². The van der Waals surface area contributed by atoms with Crippen LogP contribution < -0.4 is 5.32 Å². The van der Waals surface area contributed by atoms with Crippen LogP contribution >= 0.6 is 11.8 Å². The maximum atomic E-state index is 14.4. The van der Waals surface area contributed by atoms with E-state index < -0.39 is 11.8 Å². The van der Waals surface area contributed by atoms with Gasteiger partial charge in [0.05, 0.1) is 17.9 Å². The Morgan fingerprint density at radius 2 is 1.84 bits per heavy atom. The Labute approximate surface area is 183 Å². The molecule has 1 fully saturated rings. The van der Waals surface area contributed by atoms with E-state index in [-0.39, 0.29) is 18.2 Å². The summed E-state index contributed by atoms with van der Waals surface area (Å²) in [5.41, 5.74) is 1.06. The van der Waals surface area contributed by atoms with E-state index >= 15 is 0 Å². The van der Waals surface area contributed by atoms with E-state index in [0.29, 0.717) is 29.1 Å². The van der Waals surface area contributed by atoms with Gasteiger partial charge in [0.2, 0.25) is 5.91 Å². The number of para-hydroxylation sites is 1. The van der Waals surface area contributed by atoms with E-state index in [9.17, 15) is 14.0 Å². The number of carbonyl (C=O) groups is 2. The Kier molecular flexibility index (Phi) is 6.61. The lowest BCUT2D eigenvalue weighted by Gasteiger charge is -2.11. The van der Waals surface area contributed by atoms with Gasteiger partial charge < -0.3 is 10.1 Å². The molecule has 0 radical (unpaired) electrons. The molecule has 3 aromatic rings. The van der Waals surface area contributed by atoms with Gasteiger partial charge in [0.25, 0.3) is 0 Å². The molecule has 31 heavy (non-hydrogen) atoms. The molecule has 0 atom stereocenters. The van der Waals surface area contributed by atoms with Crippen LogP contribution in [0.2, 0.25) is 0 Å². The van der Waals surface area contributed by atoms with Gasteiger partial charge in [-0.15, -0.1) is 10.2 Å². The first kappa shape index (κ1) is 21.0. The molecule has 1 aliphatic rings. The van der Waals surface area contributed by atoms with Crippen LogP contribution in [0, 0.1) is 11.7 Å². The molecule has 2 aromatic carbocycles. The first-order valence-corrected chi connectivity index (χ1v) is 10.9. The summed E-state index contributed by atoms with van der Waals surface area (Å²) in [5.74, 6) is -0.342. The maximum Gasteiger partial charge on any atom is 0.325 e. The predicted octanol–water partition coefficient (Wildman–Crippen LogP) is 3.23. The third-order valence-corrected chi connectivity index (χ3v) is 5.63. The second-order valence-corrected chi connectivity index (χ2v) is 8.09. The lowest BCUT2D eigenvalue weighted by molar-refractivity contribution is -0.144. The molecular weight excluding hydrogens is 419 g/mol. The second kappa shape index (κ2) is 9.74. The number of nitrogens with zero attached hydrogens (tertiary/aromatic N) is 3. The van der Waals surface area contributed by atoms with Crippen molar-refractivity contribution in [2.24, 2.45) is 5.92 Å². The number of benzene rings is 2. The van der Waals surface area contributed by atoms with Gasteiger partial charge in [-0.1, -0.05) is 42.1 Å². The van der Waals surface area contributed by atoms with E-state index in [4.69, 9.17) is 4.74 Å². The van der Waals surface area contributed by atoms with Crippen LogP contribution in [0.4, 0.5) is 4.39 Å². The van der Waals surface area contributed by atoms with E-state index in [1.54, 1.807) is 22.8 Å². The van der Waals surface area contributed by atoms with Crippen LogP contribution in [-0.4, -0.2) is 45.5 Å². The third-order valence-electron chi connectivity index (χ3n) is 4.70. The van der Waals surface area contributed by atoms with Crippen molar-refractivity contribution >= 4 is 23.6 Å². The predicted molar refractivity (Wildman–Crippen MR) is 114 cm³/mol. The molecule has 0 spiro atoms. The summed E-state index contributed by atoms with van der Waals surface area (Å²) in [6.07, 6.45) is 2.18. The molecule has 0 aliphatic heterocycles. The summed E-state index contributed by atoms with van der Waals surface area (Å²) < 4.78 is 21.2. The van der Waals surface area contributed by atoms with Crippen molar-refractivity contribution in [1.29, 1.82) is 0 Å². The van der Waals surface area contributed by atoms with Gasteiger partial charge in [-0.2, -0.15) is 0 Å². The summed E-state index contributed by atoms with van der Waals surface area (Å²) in [7, 11) is 0. The number of halogens is 1. The Bertz CT molecular complexity index is 1070. The van der Waals surface area contributed by atoms with Crippen molar-refractivity contribution in [3.63, 3.8) is 0 Å². The van der Waals surface area contributed by atoms with Crippen LogP contribution in [0.5, 0.6) is 0 Å². The Balaban J connectivity index is 1.45. The molecule has 9 heteroatoms. The number of esters is 1. The highest BCUT2D eigenvalue weighted by atomic mass is 32.2. The van der Waals surface area contributed by atoms with Gasteiger partial charge in [-0.05, 0) is 43.0 Å². The fourth-order valence-electron chi connectivity index (χ4n) is 2.89. The van der Waals surface area contributed by atoms with Crippen molar-refractivity contribution in [2.75, 3.05) is 18.9 Å². The van der Waals surface area contributed by atoms with Crippen LogP contribution in [0.25, 0.3) is 17.1 Å². The fraction of sp³-hybridized carbons (Fsp3) is 0.273. The monoisotopic (exact) mass is 440 g/mol. The van der Waals surface area contributed by atoms with Crippen molar-refractivity contribution in [1.82, 2.24) is 20.1 Å². The van der Waals surface area contributed by atoms with Crippen LogP contribution in [0.3, 0.4) is 0 Å². The summed E-state index contributed by atoms with van der Waals surface area (Å²) in [4.78, 5) is 23.9. The van der Waals surface area contributed by atoms with E-state index in [0.717, 1.165) is 30.3 Å². The molecule has 1 N–H and O–H groups in total. The van der Waals surface area contributed by atoms with Gasteiger partial charge in [-0.3, -0.25) is 14.2 Å². The molecule has 7 nitrogen and oxygen atoms in total. The molecule has 1 amide bonds. The molecule has 4 rings (SSSR count). The normalized spacial score (nSPS) is 13.1. The number of thioether (sulfide) groups is 1. The van der Waals surface area contributed by atoms with Gasteiger partial charge in [-0.25, -0.2) is 4.39 Å². The van der Waals surface area contributed by atoms with Crippen LogP contribution in [-0.2, 0) is 14.3 Å². The number of aromatic nitrogens is 3. The zero-order valence-electron chi connectivity index (χ0n) is 16.7. The van der Waals surface area contributed by atoms with Crippen molar-refractivity contribution in [2.45, 2.75) is 18.0 Å². The molecule has 0 saturated heterocycles. The first-order chi connectivity index (χ1) is 15.1. The summed E-state index contributed by atoms with van der Waals surface area (Å²) in [6, 6.07) is 15.6. The Morgan fingerprint density at radius 1 is 1.10 bits per heavy atom. The number of carbonyl (C=O) groups excluding carboxylic acids is 2. The minimum Gasteiger partial charge on any atom is -0.464 e. The largest absolute Gasteiger partial charge is 0.464 e. The molecular formula is C22H21FN4O3S.